The van der Waals surface area contributed by atoms with E-state index in [9.17, 15) is 0 Å². The second-order valence-corrected chi connectivity index (χ2v) is 5.84. The molecule has 2 N–H and O–H groups in total. The van der Waals surface area contributed by atoms with Crippen molar-refractivity contribution in [3.05, 3.63) is 11.9 Å². The van der Waals surface area contributed by atoms with Gasteiger partial charge in [-0.3, -0.25) is 0 Å². The highest BCUT2D eigenvalue weighted by Gasteiger charge is 2.14. The van der Waals surface area contributed by atoms with E-state index < -0.39 is 0 Å². The van der Waals surface area contributed by atoms with Crippen molar-refractivity contribution in [1.82, 2.24) is 9.97 Å². The number of hydrogen-bond donors (Lipinski definition) is 1. The molecule has 1 saturated heterocycles. The van der Waals surface area contributed by atoms with Crippen LogP contribution in [0.5, 0.6) is 0 Å². The van der Waals surface area contributed by atoms with E-state index in [0.29, 0.717) is 11.7 Å². The third kappa shape index (κ3) is 3.25. The summed E-state index contributed by atoms with van der Waals surface area (Å²) in [6.07, 6.45) is 1.21. The predicted molar refractivity (Wildman–Crippen MR) is 74.7 cm³/mol. The van der Waals surface area contributed by atoms with Crippen LogP contribution < -0.4 is 10.6 Å². The number of nitrogens with two attached hydrogens (primary N) is 1. The minimum absolute atomic E-state index is 0.318. The van der Waals surface area contributed by atoms with Gasteiger partial charge in [-0.05, 0) is 12.2 Å². The molecule has 0 amide bonds. The molecule has 1 fully saturated rings. The van der Waals surface area contributed by atoms with Crippen molar-refractivity contribution < 1.29 is 0 Å². The number of aromatic nitrogens is 2. The Morgan fingerprint density at radius 3 is 2.88 bits per heavy atom. The molecule has 1 aliphatic heterocycles. The molecule has 0 radical (unpaired) electrons. The van der Waals surface area contributed by atoms with Gasteiger partial charge in [-0.15, -0.1) is 0 Å². The Labute approximate surface area is 107 Å². The first-order chi connectivity index (χ1) is 8.16. The summed E-state index contributed by atoms with van der Waals surface area (Å²) in [5.41, 5.74) is 5.86. The maximum atomic E-state index is 5.86. The van der Waals surface area contributed by atoms with Crippen molar-refractivity contribution in [3.8, 4) is 0 Å². The SMILES string of the molecule is CC(C)c1nc(N)cc(N2CCCSCC2)n1. The number of rotatable bonds is 2. The van der Waals surface area contributed by atoms with Crippen molar-refractivity contribution in [3.63, 3.8) is 0 Å². The van der Waals surface area contributed by atoms with E-state index in [4.69, 9.17) is 5.73 Å². The summed E-state index contributed by atoms with van der Waals surface area (Å²) in [7, 11) is 0. The first-order valence-corrected chi connectivity index (χ1v) is 7.29. The lowest BCUT2D eigenvalue weighted by Crippen LogP contribution is -2.27. The van der Waals surface area contributed by atoms with Gasteiger partial charge >= 0.3 is 0 Å². The average Bonchev–Trinajstić information content (AvgIpc) is 2.56. The van der Waals surface area contributed by atoms with Crippen LogP contribution in [0.2, 0.25) is 0 Å². The molecular weight excluding hydrogens is 232 g/mol. The molecule has 0 saturated carbocycles. The smallest absolute Gasteiger partial charge is 0.135 e. The normalized spacial score (nSPS) is 17.2. The highest BCUT2D eigenvalue weighted by atomic mass is 32.2. The van der Waals surface area contributed by atoms with Crippen molar-refractivity contribution in [2.75, 3.05) is 35.2 Å². The topological polar surface area (TPSA) is 55.0 Å². The molecule has 0 atom stereocenters. The van der Waals surface area contributed by atoms with Gasteiger partial charge < -0.3 is 10.6 Å². The van der Waals surface area contributed by atoms with Gasteiger partial charge in [0.25, 0.3) is 0 Å². The van der Waals surface area contributed by atoms with Crippen LogP contribution in [0, 0.1) is 0 Å². The van der Waals surface area contributed by atoms with Gasteiger partial charge in [0.15, 0.2) is 0 Å². The Bertz CT molecular complexity index is 373. The molecule has 17 heavy (non-hydrogen) atoms. The van der Waals surface area contributed by atoms with Crippen LogP contribution in [0.25, 0.3) is 0 Å². The van der Waals surface area contributed by atoms with E-state index >= 15 is 0 Å². The lowest BCUT2D eigenvalue weighted by Gasteiger charge is -2.22. The zero-order valence-electron chi connectivity index (χ0n) is 10.5. The molecule has 5 heteroatoms. The predicted octanol–water partition coefficient (Wildman–Crippen LogP) is 2.13. The van der Waals surface area contributed by atoms with Crippen LogP contribution in [0.3, 0.4) is 0 Å². The zero-order chi connectivity index (χ0) is 12.3. The van der Waals surface area contributed by atoms with Crippen molar-refractivity contribution in [1.29, 1.82) is 0 Å². The summed E-state index contributed by atoms with van der Waals surface area (Å²) < 4.78 is 0. The Kier molecular flexibility index (Phi) is 4.10. The summed E-state index contributed by atoms with van der Waals surface area (Å²) in [5, 5.41) is 0. The van der Waals surface area contributed by atoms with Gasteiger partial charge in [0.2, 0.25) is 0 Å². The summed E-state index contributed by atoms with van der Waals surface area (Å²) in [6, 6.07) is 1.89. The standard InChI is InChI=1S/C12H20N4S/c1-9(2)12-14-10(13)8-11(15-12)16-4-3-6-17-7-5-16/h8-9H,3-7H2,1-2H3,(H2,13,14,15). The third-order valence-electron chi connectivity index (χ3n) is 2.81. The second kappa shape index (κ2) is 5.58. The Morgan fingerprint density at radius 1 is 1.29 bits per heavy atom. The van der Waals surface area contributed by atoms with Crippen molar-refractivity contribution in [2.45, 2.75) is 26.2 Å². The number of nitrogens with zero attached hydrogens (tertiary/aromatic N) is 3. The van der Waals surface area contributed by atoms with Crippen LogP contribution in [-0.2, 0) is 0 Å². The van der Waals surface area contributed by atoms with Gasteiger partial charge in [0, 0.05) is 30.8 Å². The summed E-state index contributed by atoms with van der Waals surface area (Å²) >= 11 is 2.01. The molecule has 0 aromatic carbocycles. The maximum absolute atomic E-state index is 5.86. The van der Waals surface area contributed by atoms with Crippen LogP contribution >= 0.6 is 11.8 Å². The monoisotopic (exact) mass is 252 g/mol. The molecule has 2 rings (SSSR count). The Morgan fingerprint density at radius 2 is 2.12 bits per heavy atom. The number of thioether (sulfide) groups is 1. The molecule has 0 spiro atoms. The van der Waals surface area contributed by atoms with E-state index in [2.05, 4.69) is 28.7 Å². The Hall–Kier alpha value is -0.970. The molecule has 1 aromatic rings. The molecule has 1 aliphatic rings. The molecule has 94 valence electrons. The van der Waals surface area contributed by atoms with Crippen molar-refractivity contribution in [2.24, 2.45) is 0 Å². The fraction of sp³-hybridized carbons (Fsp3) is 0.667. The van der Waals surface area contributed by atoms with Crippen LogP contribution in [0.4, 0.5) is 11.6 Å². The molecule has 2 heterocycles. The van der Waals surface area contributed by atoms with Gasteiger partial charge in [0.1, 0.15) is 17.5 Å². The van der Waals surface area contributed by atoms with E-state index in [-0.39, 0.29) is 0 Å². The number of hydrogen-bond acceptors (Lipinski definition) is 5. The summed E-state index contributed by atoms with van der Waals surface area (Å²) in [6.45, 7) is 6.31. The molecule has 1 aromatic heterocycles. The van der Waals surface area contributed by atoms with E-state index in [0.717, 1.165) is 24.7 Å². The third-order valence-corrected chi connectivity index (χ3v) is 3.86. The van der Waals surface area contributed by atoms with Crippen LogP contribution in [0.15, 0.2) is 6.07 Å². The molecule has 0 aliphatic carbocycles. The van der Waals surface area contributed by atoms with E-state index in [1.165, 1.54) is 17.9 Å². The van der Waals surface area contributed by atoms with Crippen molar-refractivity contribution >= 4 is 23.4 Å². The molecule has 4 nitrogen and oxygen atoms in total. The van der Waals surface area contributed by atoms with Crippen LogP contribution in [-0.4, -0.2) is 34.6 Å². The zero-order valence-corrected chi connectivity index (χ0v) is 11.3. The van der Waals surface area contributed by atoms with Gasteiger partial charge in [-0.1, -0.05) is 13.8 Å². The molecular formula is C12H20N4S. The lowest BCUT2D eigenvalue weighted by molar-refractivity contribution is 0.748. The number of anilines is 2. The quantitative estimate of drug-likeness (QED) is 0.874. The van der Waals surface area contributed by atoms with E-state index in [1.807, 2.05) is 17.8 Å². The average molecular weight is 252 g/mol. The van der Waals surface area contributed by atoms with Gasteiger partial charge in [0.05, 0.1) is 0 Å². The highest BCUT2D eigenvalue weighted by Crippen LogP contribution is 2.21. The fourth-order valence-electron chi connectivity index (χ4n) is 1.87. The second-order valence-electron chi connectivity index (χ2n) is 4.62. The summed E-state index contributed by atoms with van der Waals surface area (Å²) in [4.78, 5) is 11.2. The van der Waals surface area contributed by atoms with Gasteiger partial charge in [-0.2, -0.15) is 11.8 Å². The minimum atomic E-state index is 0.318. The van der Waals surface area contributed by atoms with Crippen LogP contribution in [0.1, 0.15) is 32.0 Å². The van der Waals surface area contributed by atoms with Gasteiger partial charge in [-0.25, -0.2) is 9.97 Å². The fourth-order valence-corrected chi connectivity index (χ4v) is 2.75. The number of nitrogen functional groups attached to an aromatic ring is 1. The molecule has 0 bridgehead atoms. The lowest BCUT2D eigenvalue weighted by atomic mass is 10.2. The summed E-state index contributed by atoms with van der Waals surface area (Å²) in [5.74, 6) is 5.14. The molecule has 0 unspecified atom stereocenters. The minimum Gasteiger partial charge on any atom is -0.384 e. The maximum Gasteiger partial charge on any atom is 0.135 e. The van der Waals surface area contributed by atoms with E-state index in [1.54, 1.807) is 0 Å². The largest absolute Gasteiger partial charge is 0.384 e. The Balaban J connectivity index is 2.23. The first-order valence-electron chi connectivity index (χ1n) is 6.14. The highest BCUT2D eigenvalue weighted by molar-refractivity contribution is 7.99. The first kappa shape index (κ1) is 12.5.